The molecular formula is C33H34O15. The van der Waals surface area contributed by atoms with E-state index in [4.69, 9.17) is 42.3 Å². The van der Waals surface area contributed by atoms with E-state index < -0.39 is 78.5 Å². The Hall–Kier alpha value is -5.44. The molecule has 2 aromatic carbocycles. The molecule has 0 amide bonds. The van der Waals surface area contributed by atoms with Crippen LogP contribution in [0.25, 0.3) is 11.0 Å². The minimum atomic E-state index is -1.75. The van der Waals surface area contributed by atoms with E-state index in [-0.39, 0.29) is 28.4 Å². The maximum atomic E-state index is 13.4. The molecule has 0 unspecified atom stereocenters. The summed E-state index contributed by atoms with van der Waals surface area (Å²) in [5, 5.41) is 0.0921. The lowest BCUT2D eigenvalue weighted by Crippen LogP contribution is -2.63. The van der Waals surface area contributed by atoms with E-state index >= 15 is 0 Å². The largest absolute Gasteiger partial charge is 0.491 e. The number of rotatable bonds is 11. The quantitative estimate of drug-likeness (QED) is 0.164. The molecular weight excluding hydrogens is 636 g/mol. The summed E-state index contributed by atoms with van der Waals surface area (Å²) in [5.74, 6) is -4.95. The molecule has 1 aromatic heterocycles. The minimum Gasteiger partial charge on any atom is -0.491 e. The lowest BCUT2D eigenvalue weighted by Gasteiger charge is -2.44. The first-order valence-corrected chi connectivity index (χ1v) is 14.7. The van der Waals surface area contributed by atoms with Crippen molar-refractivity contribution in [1.82, 2.24) is 0 Å². The Morgan fingerprint density at radius 1 is 0.771 bits per heavy atom. The maximum absolute atomic E-state index is 13.4. The van der Waals surface area contributed by atoms with Gasteiger partial charge in [-0.2, -0.15) is 0 Å². The first-order valence-electron chi connectivity index (χ1n) is 14.7. The third-order valence-electron chi connectivity index (χ3n) is 6.55. The first-order chi connectivity index (χ1) is 22.7. The predicted octanol–water partition coefficient (Wildman–Crippen LogP) is 3.26. The van der Waals surface area contributed by atoms with Gasteiger partial charge in [0.05, 0.1) is 17.1 Å². The van der Waals surface area contributed by atoms with Gasteiger partial charge in [-0.15, -0.1) is 0 Å². The normalized spacial score (nSPS) is 20.4. The summed E-state index contributed by atoms with van der Waals surface area (Å²) in [7, 11) is 0. The van der Waals surface area contributed by atoms with Gasteiger partial charge in [0.25, 0.3) is 5.75 Å². The van der Waals surface area contributed by atoms with Crippen LogP contribution >= 0.6 is 0 Å². The van der Waals surface area contributed by atoms with Crippen molar-refractivity contribution < 1.29 is 66.3 Å². The van der Waals surface area contributed by atoms with Gasteiger partial charge in [-0.3, -0.25) is 19.2 Å². The van der Waals surface area contributed by atoms with Crippen LogP contribution in [0.2, 0.25) is 0 Å². The summed E-state index contributed by atoms with van der Waals surface area (Å²) in [4.78, 5) is 74.9. The number of benzene rings is 2. The van der Waals surface area contributed by atoms with Crippen LogP contribution in [0.4, 0.5) is 0 Å². The van der Waals surface area contributed by atoms with Crippen LogP contribution < -0.4 is 19.8 Å². The highest BCUT2D eigenvalue weighted by Crippen LogP contribution is 2.39. The zero-order valence-corrected chi connectivity index (χ0v) is 26.9. The van der Waals surface area contributed by atoms with E-state index in [2.05, 4.69) is 0 Å². The van der Waals surface area contributed by atoms with Gasteiger partial charge in [0.1, 0.15) is 24.0 Å². The van der Waals surface area contributed by atoms with Crippen molar-refractivity contribution >= 4 is 40.8 Å². The Bertz CT molecular complexity index is 1730. The van der Waals surface area contributed by atoms with Crippen molar-refractivity contribution in [2.24, 2.45) is 0 Å². The van der Waals surface area contributed by atoms with E-state index in [0.29, 0.717) is 5.75 Å². The Morgan fingerprint density at radius 2 is 1.40 bits per heavy atom. The molecule has 1 aliphatic heterocycles. The molecule has 0 N–H and O–H groups in total. The third kappa shape index (κ3) is 8.88. The number of hydrogen-bond donors (Lipinski definition) is 0. The second kappa shape index (κ2) is 15.4. The third-order valence-corrected chi connectivity index (χ3v) is 6.55. The first kappa shape index (κ1) is 35.4. The van der Waals surface area contributed by atoms with E-state index in [1.165, 1.54) is 24.3 Å². The van der Waals surface area contributed by atoms with E-state index in [0.717, 1.165) is 27.7 Å². The highest BCUT2D eigenvalue weighted by Gasteiger charge is 2.53. The molecule has 1 aliphatic rings. The molecule has 0 saturated carbocycles. The van der Waals surface area contributed by atoms with Crippen LogP contribution in [0.15, 0.2) is 57.7 Å². The zero-order valence-electron chi connectivity index (χ0n) is 26.9. The van der Waals surface area contributed by atoms with Crippen molar-refractivity contribution in [3.63, 3.8) is 0 Å². The number of ether oxygens (including phenoxy) is 8. The van der Waals surface area contributed by atoms with Crippen LogP contribution in [0.5, 0.6) is 17.2 Å². The van der Waals surface area contributed by atoms with Gasteiger partial charge < -0.3 is 42.3 Å². The summed E-state index contributed by atoms with van der Waals surface area (Å²) >= 11 is 0. The van der Waals surface area contributed by atoms with Gasteiger partial charge >= 0.3 is 35.5 Å². The molecule has 0 aliphatic carbocycles. The van der Waals surface area contributed by atoms with Gasteiger partial charge in [-0.1, -0.05) is 18.2 Å². The second-order valence-corrected chi connectivity index (χ2v) is 10.8. The van der Waals surface area contributed by atoms with Crippen molar-refractivity contribution in [3.05, 3.63) is 64.5 Å². The van der Waals surface area contributed by atoms with Crippen molar-refractivity contribution in [2.45, 2.75) is 78.4 Å². The molecule has 15 nitrogen and oxygen atoms in total. The summed E-state index contributed by atoms with van der Waals surface area (Å²) in [6, 6.07) is 12.2. The second-order valence-electron chi connectivity index (χ2n) is 10.8. The smallest absolute Gasteiger partial charge is 0.383 e. The van der Waals surface area contributed by atoms with Crippen molar-refractivity contribution in [1.29, 1.82) is 0 Å². The van der Waals surface area contributed by atoms with Crippen LogP contribution in [0.1, 0.15) is 51.9 Å². The molecule has 1 fully saturated rings. The van der Waals surface area contributed by atoms with E-state index in [1.807, 2.05) is 0 Å². The maximum Gasteiger partial charge on any atom is 0.383 e. The van der Waals surface area contributed by atoms with Crippen LogP contribution in [0, 0.1) is 0 Å². The molecule has 0 radical (unpaired) electrons. The number of carbonyl (C=O) groups is 5. The zero-order chi connectivity index (χ0) is 35.1. The van der Waals surface area contributed by atoms with Crippen LogP contribution in [-0.2, 0) is 42.9 Å². The molecule has 0 bridgehead atoms. The van der Waals surface area contributed by atoms with Gasteiger partial charge in [0, 0.05) is 33.8 Å². The topological polar surface area (TPSA) is 189 Å². The molecule has 5 atom stereocenters. The fourth-order valence-corrected chi connectivity index (χ4v) is 4.81. The summed E-state index contributed by atoms with van der Waals surface area (Å²) in [6.45, 7) is 7.40. The van der Waals surface area contributed by atoms with Gasteiger partial charge in [0.15, 0.2) is 18.0 Å². The standard InChI is InChI=1S/C33H34O15/c1-16(2)41-22-12-13-23-24(14-22)45-32(39)29(47-31(38)21-10-8-7-9-11-21)26(23)48-33-30(44-20(6)37)28(43-19(5)36)27(42-18(4)35)25(46-33)15-40-17(3)34/h7-14,16,25,27-28,30,33H,15H2,1-6H3/t25-,27-,28+,30+,33-/m1/s1. The lowest BCUT2D eigenvalue weighted by molar-refractivity contribution is -0.288. The molecule has 256 valence electrons. The van der Waals surface area contributed by atoms with Gasteiger partial charge in [0.2, 0.25) is 12.4 Å². The Kier molecular flexibility index (Phi) is 11.4. The van der Waals surface area contributed by atoms with Gasteiger partial charge in [-0.05, 0) is 38.1 Å². The highest BCUT2D eigenvalue weighted by atomic mass is 16.7. The molecule has 4 rings (SSSR count). The van der Waals surface area contributed by atoms with Crippen molar-refractivity contribution in [2.75, 3.05) is 6.61 Å². The summed E-state index contributed by atoms with van der Waals surface area (Å²) in [5.41, 5.74) is -1.08. The fraction of sp³-hybridized carbons (Fsp3) is 0.394. The van der Waals surface area contributed by atoms with Crippen molar-refractivity contribution in [3.8, 4) is 17.2 Å². The van der Waals surface area contributed by atoms with E-state index in [1.54, 1.807) is 38.1 Å². The Morgan fingerprint density at radius 3 is 2.00 bits per heavy atom. The fourth-order valence-electron chi connectivity index (χ4n) is 4.81. The SMILES string of the molecule is CC(=O)OC[C@H]1O[C@H](Oc2c(OC(=O)c3ccccc3)c(=O)oc3cc(OC(C)C)ccc23)[C@@H](OC(C)=O)[C@@H](OC(C)=O)[C@@H]1OC(C)=O. The monoisotopic (exact) mass is 670 g/mol. The van der Waals surface area contributed by atoms with Gasteiger partial charge in [-0.25, -0.2) is 9.59 Å². The minimum absolute atomic E-state index is 0.0432. The predicted molar refractivity (Wildman–Crippen MR) is 162 cm³/mol. The van der Waals surface area contributed by atoms with Crippen LogP contribution in [-0.4, -0.2) is 73.3 Å². The average molecular weight is 671 g/mol. The number of fused-ring (bicyclic) bond motifs is 1. The molecule has 48 heavy (non-hydrogen) atoms. The highest BCUT2D eigenvalue weighted by molar-refractivity contribution is 5.93. The average Bonchev–Trinajstić information content (AvgIpc) is 3.00. The number of carbonyl (C=O) groups excluding carboxylic acids is 5. The molecule has 15 heteroatoms. The molecule has 0 spiro atoms. The lowest BCUT2D eigenvalue weighted by atomic mass is 9.98. The summed E-state index contributed by atoms with van der Waals surface area (Å²) in [6.07, 6.45) is -8.01. The number of esters is 5. The molecule has 3 aromatic rings. The molecule has 2 heterocycles. The number of hydrogen-bond acceptors (Lipinski definition) is 15. The van der Waals surface area contributed by atoms with E-state index in [9.17, 15) is 28.8 Å². The molecule has 1 saturated heterocycles. The Balaban J connectivity index is 1.89. The Labute approximate surface area is 273 Å². The summed E-state index contributed by atoms with van der Waals surface area (Å²) < 4.78 is 50.4. The van der Waals surface area contributed by atoms with Crippen LogP contribution in [0.3, 0.4) is 0 Å².